The molecule has 0 radical (unpaired) electrons. The average Bonchev–Trinajstić information content (AvgIpc) is 2.91. The van der Waals surface area contributed by atoms with E-state index in [1.165, 1.54) is 24.7 Å². The number of rotatable bonds is 5. The zero-order valence-corrected chi connectivity index (χ0v) is 20.9. The summed E-state index contributed by atoms with van der Waals surface area (Å²) < 4.78 is 0. The Morgan fingerprint density at radius 1 is 0.914 bits per heavy atom. The predicted octanol–water partition coefficient (Wildman–Crippen LogP) is 3.98. The van der Waals surface area contributed by atoms with Gasteiger partial charge in [0, 0.05) is 43.8 Å². The molecule has 7 heteroatoms. The first-order valence-electron chi connectivity index (χ1n) is 13.4. The molecule has 2 saturated heterocycles. The van der Waals surface area contributed by atoms with E-state index in [4.69, 9.17) is 0 Å². The molecule has 188 valence electrons. The van der Waals surface area contributed by atoms with Gasteiger partial charge in [-0.15, -0.1) is 0 Å². The van der Waals surface area contributed by atoms with Crippen LogP contribution >= 0.6 is 0 Å². The van der Waals surface area contributed by atoms with E-state index >= 15 is 0 Å². The SMILES string of the molecule is Cc1c(NC2CCC(c3ccccc3)CC2)ncnc1C(=O)N1CCC(N2CCC(O)CC2)CC1. The molecule has 5 rings (SSSR count). The van der Waals surface area contributed by atoms with Gasteiger partial charge in [0.15, 0.2) is 0 Å². The number of aliphatic hydroxyl groups excluding tert-OH is 1. The molecule has 0 unspecified atom stereocenters. The van der Waals surface area contributed by atoms with Crippen molar-refractivity contribution in [3.05, 3.63) is 53.5 Å². The third kappa shape index (κ3) is 5.67. The topological polar surface area (TPSA) is 81.6 Å². The highest BCUT2D eigenvalue weighted by atomic mass is 16.3. The first kappa shape index (κ1) is 24.2. The average molecular weight is 478 g/mol. The third-order valence-corrected chi connectivity index (χ3v) is 8.39. The Kier molecular flexibility index (Phi) is 7.63. The van der Waals surface area contributed by atoms with Gasteiger partial charge < -0.3 is 20.2 Å². The number of carbonyl (C=O) groups is 1. The molecule has 0 spiro atoms. The lowest BCUT2D eigenvalue weighted by Gasteiger charge is -2.41. The molecule has 2 N–H and O–H groups in total. The van der Waals surface area contributed by atoms with Crippen LogP contribution in [0.1, 0.15) is 78.9 Å². The van der Waals surface area contributed by atoms with Gasteiger partial charge in [-0.25, -0.2) is 9.97 Å². The molecule has 35 heavy (non-hydrogen) atoms. The van der Waals surface area contributed by atoms with Gasteiger partial charge in [0.25, 0.3) is 5.91 Å². The van der Waals surface area contributed by atoms with Crippen LogP contribution in [0.25, 0.3) is 0 Å². The van der Waals surface area contributed by atoms with Crippen LogP contribution in [0.5, 0.6) is 0 Å². The van der Waals surface area contributed by atoms with Gasteiger partial charge in [0.1, 0.15) is 17.8 Å². The zero-order valence-electron chi connectivity index (χ0n) is 20.9. The largest absolute Gasteiger partial charge is 0.393 e. The molecule has 3 fully saturated rings. The number of aliphatic hydroxyl groups is 1. The van der Waals surface area contributed by atoms with Crippen LogP contribution in [0.15, 0.2) is 36.7 Å². The molecule has 2 aliphatic heterocycles. The molecule has 0 bridgehead atoms. The lowest BCUT2D eigenvalue weighted by atomic mass is 9.82. The molecular weight excluding hydrogens is 438 g/mol. The van der Waals surface area contributed by atoms with Crippen molar-refractivity contribution in [3.63, 3.8) is 0 Å². The molecule has 2 aromatic rings. The summed E-state index contributed by atoms with van der Waals surface area (Å²) in [5.74, 6) is 1.46. The Bertz CT molecular complexity index is 976. The molecule has 1 aliphatic carbocycles. The number of hydrogen-bond donors (Lipinski definition) is 2. The number of aromatic nitrogens is 2. The summed E-state index contributed by atoms with van der Waals surface area (Å²) in [4.78, 5) is 26.7. The Labute approximate surface area is 209 Å². The van der Waals surface area contributed by atoms with Crippen LogP contribution in [-0.2, 0) is 0 Å². The normalized spacial score (nSPS) is 24.9. The minimum Gasteiger partial charge on any atom is -0.393 e. The van der Waals surface area contributed by atoms with Gasteiger partial charge in [-0.2, -0.15) is 0 Å². The van der Waals surface area contributed by atoms with Crippen molar-refractivity contribution in [2.24, 2.45) is 0 Å². The van der Waals surface area contributed by atoms with Crippen molar-refractivity contribution in [3.8, 4) is 0 Å². The van der Waals surface area contributed by atoms with E-state index in [2.05, 4.69) is 50.5 Å². The smallest absolute Gasteiger partial charge is 0.272 e. The summed E-state index contributed by atoms with van der Waals surface area (Å²) in [5, 5.41) is 13.4. The van der Waals surface area contributed by atoms with Crippen molar-refractivity contribution in [1.29, 1.82) is 0 Å². The monoisotopic (exact) mass is 477 g/mol. The van der Waals surface area contributed by atoms with Crippen molar-refractivity contribution >= 4 is 11.7 Å². The molecule has 1 saturated carbocycles. The Balaban J connectivity index is 1.15. The van der Waals surface area contributed by atoms with E-state index in [-0.39, 0.29) is 12.0 Å². The van der Waals surface area contributed by atoms with E-state index in [0.717, 1.165) is 76.1 Å². The number of nitrogens with zero attached hydrogens (tertiary/aromatic N) is 4. The third-order valence-electron chi connectivity index (χ3n) is 8.39. The Morgan fingerprint density at radius 2 is 1.60 bits per heavy atom. The van der Waals surface area contributed by atoms with Crippen LogP contribution < -0.4 is 5.32 Å². The van der Waals surface area contributed by atoms with Crippen LogP contribution in [-0.4, -0.2) is 75.1 Å². The van der Waals surface area contributed by atoms with E-state index in [1.54, 1.807) is 0 Å². The highest BCUT2D eigenvalue weighted by Gasteiger charge is 2.31. The number of carbonyl (C=O) groups excluding carboxylic acids is 1. The lowest BCUT2D eigenvalue weighted by Crippen LogP contribution is -2.49. The van der Waals surface area contributed by atoms with E-state index in [9.17, 15) is 9.90 Å². The predicted molar refractivity (Wildman–Crippen MR) is 138 cm³/mol. The van der Waals surface area contributed by atoms with Gasteiger partial charge in [-0.1, -0.05) is 30.3 Å². The fourth-order valence-electron chi connectivity index (χ4n) is 6.14. The fourth-order valence-corrected chi connectivity index (χ4v) is 6.14. The minimum absolute atomic E-state index is 0.0215. The number of piperidine rings is 2. The summed E-state index contributed by atoms with van der Waals surface area (Å²) in [6.07, 6.45) is 9.64. The molecule has 0 atom stereocenters. The van der Waals surface area contributed by atoms with Gasteiger partial charge in [-0.05, 0) is 69.8 Å². The molecule has 1 amide bonds. The van der Waals surface area contributed by atoms with Crippen LogP contribution in [0.2, 0.25) is 0 Å². The summed E-state index contributed by atoms with van der Waals surface area (Å²) >= 11 is 0. The molecule has 1 aromatic carbocycles. The first-order chi connectivity index (χ1) is 17.1. The first-order valence-corrected chi connectivity index (χ1v) is 13.4. The maximum absolute atomic E-state index is 13.4. The van der Waals surface area contributed by atoms with Gasteiger partial charge in [-0.3, -0.25) is 4.79 Å². The Hall–Kier alpha value is -2.51. The van der Waals surface area contributed by atoms with Crippen molar-refractivity contribution in [2.45, 2.75) is 82.4 Å². The van der Waals surface area contributed by atoms with Crippen LogP contribution in [0.4, 0.5) is 5.82 Å². The number of amides is 1. The van der Waals surface area contributed by atoms with Crippen molar-refractivity contribution < 1.29 is 9.90 Å². The Morgan fingerprint density at radius 3 is 2.29 bits per heavy atom. The van der Waals surface area contributed by atoms with Crippen LogP contribution in [0.3, 0.4) is 0 Å². The van der Waals surface area contributed by atoms with Gasteiger partial charge in [0.05, 0.1) is 6.10 Å². The maximum Gasteiger partial charge on any atom is 0.272 e. The van der Waals surface area contributed by atoms with Gasteiger partial charge >= 0.3 is 0 Å². The molecule has 1 aromatic heterocycles. The standard InChI is InChI=1S/C28H39N5O2/c1-20-26(28(35)33-15-11-24(12-16-33)32-17-13-25(34)14-18-32)29-19-30-27(20)31-23-9-7-22(8-10-23)21-5-3-2-4-6-21/h2-6,19,22-25,34H,7-18H2,1H3,(H,29,30,31). The highest BCUT2D eigenvalue weighted by Crippen LogP contribution is 2.34. The van der Waals surface area contributed by atoms with E-state index in [1.807, 2.05) is 11.8 Å². The van der Waals surface area contributed by atoms with E-state index < -0.39 is 0 Å². The number of nitrogens with one attached hydrogen (secondary N) is 1. The highest BCUT2D eigenvalue weighted by molar-refractivity contribution is 5.94. The maximum atomic E-state index is 13.4. The van der Waals surface area contributed by atoms with Crippen LogP contribution in [0, 0.1) is 6.92 Å². The van der Waals surface area contributed by atoms with Crippen molar-refractivity contribution in [1.82, 2.24) is 19.8 Å². The summed E-state index contributed by atoms with van der Waals surface area (Å²) in [5.41, 5.74) is 2.83. The second-order valence-corrected chi connectivity index (χ2v) is 10.6. The molecular formula is C28H39N5O2. The molecule has 3 heterocycles. The zero-order chi connectivity index (χ0) is 24.2. The fraction of sp³-hybridized carbons (Fsp3) is 0.607. The van der Waals surface area contributed by atoms with Gasteiger partial charge in [0.2, 0.25) is 0 Å². The quantitative estimate of drug-likeness (QED) is 0.678. The summed E-state index contributed by atoms with van der Waals surface area (Å²) in [6, 6.07) is 11.7. The second kappa shape index (κ2) is 11.0. The number of likely N-dealkylation sites (tertiary alicyclic amines) is 2. The summed E-state index contributed by atoms with van der Waals surface area (Å²) in [7, 11) is 0. The minimum atomic E-state index is -0.143. The molecule has 3 aliphatic rings. The number of hydrogen-bond acceptors (Lipinski definition) is 6. The lowest BCUT2D eigenvalue weighted by molar-refractivity contribution is 0.0355. The molecule has 7 nitrogen and oxygen atoms in total. The number of anilines is 1. The van der Waals surface area contributed by atoms with E-state index in [0.29, 0.717) is 23.7 Å². The summed E-state index contributed by atoms with van der Waals surface area (Å²) in [6.45, 7) is 5.42. The second-order valence-electron chi connectivity index (χ2n) is 10.6. The van der Waals surface area contributed by atoms with Crippen molar-refractivity contribution in [2.75, 3.05) is 31.5 Å². The number of benzene rings is 1.